The summed E-state index contributed by atoms with van der Waals surface area (Å²) < 4.78 is 0. The summed E-state index contributed by atoms with van der Waals surface area (Å²) in [6.07, 6.45) is 5.18. The summed E-state index contributed by atoms with van der Waals surface area (Å²) in [5.74, 6) is 0.475. The van der Waals surface area contributed by atoms with Gasteiger partial charge in [-0.05, 0) is 56.7 Å². The molecule has 3 rings (SSSR count). The summed E-state index contributed by atoms with van der Waals surface area (Å²) in [7, 11) is 0. The van der Waals surface area contributed by atoms with E-state index in [2.05, 4.69) is 30.9 Å². The summed E-state index contributed by atoms with van der Waals surface area (Å²) in [5.41, 5.74) is 4.22. The molecule has 138 valence electrons. The first-order valence-corrected chi connectivity index (χ1v) is 8.70. The minimum Gasteiger partial charge on any atom is -0.336 e. The van der Waals surface area contributed by atoms with E-state index < -0.39 is 0 Å². The maximum Gasteiger partial charge on any atom is 0.319 e. The van der Waals surface area contributed by atoms with Gasteiger partial charge < -0.3 is 16.0 Å². The minimum atomic E-state index is -0.241. The first kappa shape index (κ1) is 18.3. The van der Waals surface area contributed by atoms with E-state index in [9.17, 15) is 4.79 Å². The second kappa shape index (κ2) is 8.27. The number of rotatable bonds is 5. The highest BCUT2D eigenvalue weighted by Gasteiger charge is 2.08. The molecule has 0 fully saturated rings. The van der Waals surface area contributed by atoms with Crippen molar-refractivity contribution in [3.63, 3.8) is 0 Å². The average molecular weight is 362 g/mol. The lowest BCUT2D eigenvalue weighted by atomic mass is 10.2. The van der Waals surface area contributed by atoms with Crippen LogP contribution in [-0.4, -0.2) is 27.0 Å². The Morgan fingerprint density at radius 1 is 1.11 bits per heavy atom. The highest BCUT2D eigenvalue weighted by molar-refractivity contribution is 5.90. The fraction of sp³-hybridized carbons (Fsp3) is 0.200. The van der Waals surface area contributed by atoms with E-state index in [4.69, 9.17) is 0 Å². The maximum atomic E-state index is 11.9. The zero-order chi connectivity index (χ0) is 19.2. The van der Waals surface area contributed by atoms with Crippen molar-refractivity contribution in [3.05, 3.63) is 60.6 Å². The third-order valence-electron chi connectivity index (χ3n) is 3.77. The number of amides is 2. The Kier molecular flexibility index (Phi) is 5.61. The number of pyridine rings is 1. The van der Waals surface area contributed by atoms with Crippen LogP contribution in [0.3, 0.4) is 0 Å². The number of nitrogens with zero attached hydrogens (tertiary/aromatic N) is 3. The van der Waals surface area contributed by atoms with Gasteiger partial charge in [-0.3, -0.25) is 4.98 Å². The predicted octanol–water partition coefficient (Wildman–Crippen LogP) is 4.12. The first-order valence-electron chi connectivity index (χ1n) is 8.70. The van der Waals surface area contributed by atoms with Crippen molar-refractivity contribution in [2.75, 3.05) is 10.6 Å². The number of carbonyl (C=O) groups excluding carboxylic acids is 1. The van der Waals surface area contributed by atoms with Crippen LogP contribution in [0.2, 0.25) is 0 Å². The predicted molar refractivity (Wildman–Crippen MR) is 107 cm³/mol. The number of aromatic nitrogens is 3. The molecule has 0 radical (unpaired) electrons. The zero-order valence-corrected chi connectivity index (χ0v) is 15.5. The zero-order valence-electron chi connectivity index (χ0n) is 15.5. The van der Waals surface area contributed by atoms with Gasteiger partial charge in [-0.1, -0.05) is 6.07 Å². The Balaban J connectivity index is 1.79. The lowest BCUT2D eigenvalue weighted by Gasteiger charge is -2.13. The molecule has 0 bridgehead atoms. The molecule has 1 aromatic carbocycles. The molecule has 0 saturated heterocycles. The second-order valence-electron chi connectivity index (χ2n) is 6.42. The van der Waals surface area contributed by atoms with E-state index in [1.807, 2.05) is 57.2 Å². The number of urea groups is 1. The SMILES string of the molecule is Cc1ccc(NC(=O)NC(C)C)cc1Nc1nccc(-c2cccnc2)n1. The number of anilines is 3. The lowest BCUT2D eigenvalue weighted by molar-refractivity contribution is 0.250. The van der Waals surface area contributed by atoms with Crippen molar-refractivity contribution >= 4 is 23.4 Å². The molecule has 2 amide bonds. The van der Waals surface area contributed by atoms with Crippen molar-refractivity contribution in [3.8, 4) is 11.3 Å². The second-order valence-corrected chi connectivity index (χ2v) is 6.42. The van der Waals surface area contributed by atoms with E-state index in [0.717, 1.165) is 22.5 Å². The standard InChI is InChI=1S/C20H22N6O/c1-13(2)23-20(27)24-16-7-6-14(3)18(11-16)26-19-22-10-8-17(25-19)15-5-4-9-21-12-15/h4-13H,1-3H3,(H,22,25,26)(H2,23,24,27). The quantitative estimate of drug-likeness (QED) is 0.635. The number of hydrogen-bond acceptors (Lipinski definition) is 5. The molecule has 2 aromatic heterocycles. The molecular weight excluding hydrogens is 340 g/mol. The maximum absolute atomic E-state index is 11.9. The number of aryl methyl sites for hydroxylation is 1. The molecule has 2 heterocycles. The van der Waals surface area contributed by atoms with Gasteiger partial charge in [0, 0.05) is 41.6 Å². The van der Waals surface area contributed by atoms with Crippen molar-refractivity contribution < 1.29 is 4.79 Å². The van der Waals surface area contributed by atoms with E-state index in [-0.39, 0.29) is 12.1 Å². The third-order valence-corrected chi connectivity index (χ3v) is 3.77. The van der Waals surface area contributed by atoms with Gasteiger partial charge in [-0.2, -0.15) is 0 Å². The Morgan fingerprint density at radius 3 is 2.70 bits per heavy atom. The van der Waals surface area contributed by atoms with Gasteiger partial charge in [-0.25, -0.2) is 14.8 Å². The molecule has 0 spiro atoms. The van der Waals surface area contributed by atoms with Crippen molar-refractivity contribution in [1.29, 1.82) is 0 Å². The average Bonchev–Trinajstić information content (AvgIpc) is 2.65. The van der Waals surface area contributed by atoms with Crippen LogP contribution in [0.5, 0.6) is 0 Å². The first-order chi connectivity index (χ1) is 13.0. The van der Waals surface area contributed by atoms with E-state index in [1.54, 1.807) is 18.6 Å². The van der Waals surface area contributed by atoms with Crippen LogP contribution in [-0.2, 0) is 0 Å². The van der Waals surface area contributed by atoms with Gasteiger partial charge in [0.1, 0.15) is 0 Å². The molecule has 0 unspecified atom stereocenters. The molecule has 0 aliphatic rings. The monoisotopic (exact) mass is 362 g/mol. The molecule has 7 heteroatoms. The fourth-order valence-corrected chi connectivity index (χ4v) is 2.48. The summed E-state index contributed by atoms with van der Waals surface area (Å²) in [6.45, 7) is 5.80. The number of nitrogens with one attached hydrogen (secondary N) is 3. The Morgan fingerprint density at radius 2 is 1.96 bits per heavy atom. The van der Waals surface area contributed by atoms with E-state index in [0.29, 0.717) is 11.6 Å². The van der Waals surface area contributed by atoms with Gasteiger partial charge >= 0.3 is 6.03 Å². The molecule has 0 saturated carbocycles. The van der Waals surface area contributed by atoms with Gasteiger partial charge in [0.05, 0.1) is 5.69 Å². The van der Waals surface area contributed by atoms with Crippen LogP contribution in [0.1, 0.15) is 19.4 Å². The van der Waals surface area contributed by atoms with E-state index in [1.165, 1.54) is 0 Å². The number of benzene rings is 1. The summed E-state index contributed by atoms with van der Waals surface area (Å²) in [4.78, 5) is 24.9. The third kappa shape index (κ3) is 5.01. The van der Waals surface area contributed by atoms with Gasteiger partial charge in [-0.15, -0.1) is 0 Å². The molecule has 0 atom stereocenters. The van der Waals surface area contributed by atoms with Crippen LogP contribution in [0.25, 0.3) is 11.3 Å². The normalized spacial score (nSPS) is 10.5. The van der Waals surface area contributed by atoms with Crippen LogP contribution >= 0.6 is 0 Å². The van der Waals surface area contributed by atoms with Crippen molar-refractivity contribution in [2.45, 2.75) is 26.8 Å². The Hall–Kier alpha value is -3.48. The van der Waals surface area contributed by atoms with Gasteiger partial charge in [0.25, 0.3) is 0 Å². The molecule has 0 aliphatic heterocycles. The molecule has 3 N–H and O–H groups in total. The molecule has 27 heavy (non-hydrogen) atoms. The molecule has 3 aromatic rings. The highest BCUT2D eigenvalue weighted by atomic mass is 16.2. The molecular formula is C20H22N6O. The smallest absolute Gasteiger partial charge is 0.319 e. The van der Waals surface area contributed by atoms with E-state index >= 15 is 0 Å². The lowest BCUT2D eigenvalue weighted by Crippen LogP contribution is -2.34. The highest BCUT2D eigenvalue weighted by Crippen LogP contribution is 2.24. The van der Waals surface area contributed by atoms with Crippen molar-refractivity contribution in [1.82, 2.24) is 20.3 Å². The van der Waals surface area contributed by atoms with Gasteiger partial charge in [0.2, 0.25) is 5.95 Å². The minimum absolute atomic E-state index is 0.0664. The summed E-state index contributed by atoms with van der Waals surface area (Å²) >= 11 is 0. The number of carbonyl (C=O) groups is 1. The molecule has 7 nitrogen and oxygen atoms in total. The Labute approximate surface area is 158 Å². The van der Waals surface area contributed by atoms with Crippen LogP contribution < -0.4 is 16.0 Å². The Bertz CT molecular complexity index is 927. The fourth-order valence-electron chi connectivity index (χ4n) is 2.48. The van der Waals surface area contributed by atoms with Crippen LogP contribution in [0.15, 0.2) is 55.0 Å². The van der Waals surface area contributed by atoms with Gasteiger partial charge in [0.15, 0.2) is 0 Å². The molecule has 0 aliphatic carbocycles. The summed E-state index contributed by atoms with van der Waals surface area (Å²) in [5, 5.41) is 8.85. The van der Waals surface area contributed by atoms with Crippen molar-refractivity contribution in [2.24, 2.45) is 0 Å². The summed E-state index contributed by atoms with van der Waals surface area (Å²) in [6, 6.07) is 11.1. The van der Waals surface area contributed by atoms with Crippen LogP contribution in [0, 0.1) is 6.92 Å². The van der Waals surface area contributed by atoms with Crippen LogP contribution in [0.4, 0.5) is 22.1 Å². The largest absolute Gasteiger partial charge is 0.336 e. The number of hydrogen-bond donors (Lipinski definition) is 3. The topological polar surface area (TPSA) is 91.8 Å².